The summed E-state index contributed by atoms with van der Waals surface area (Å²) in [5.41, 5.74) is 9.66. The SMILES string of the molecule is Cc1ccc(C)c(CN(C)CC(C)C(N)=S)c1. The van der Waals surface area contributed by atoms with Gasteiger partial charge < -0.3 is 10.6 Å². The fraction of sp³-hybridized carbons (Fsp3) is 0.500. The summed E-state index contributed by atoms with van der Waals surface area (Å²) in [7, 11) is 2.11. The largest absolute Gasteiger partial charge is 0.393 e. The molecule has 0 fully saturated rings. The molecule has 1 unspecified atom stereocenters. The van der Waals surface area contributed by atoms with Gasteiger partial charge in [0.15, 0.2) is 0 Å². The van der Waals surface area contributed by atoms with E-state index in [1.807, 2.05) is 0 Å². The van der Waals surface area contributed by atoms with Crippen LogP contribution in [0.25, 0.3) is 0 Å². The molecule has 0 saturated carbocycles. The van der Waals surface area contributed by atoms with Crippen LogP contribution in [0, 0.1) is 19.8 Å². The number of benzene rings is 1. The molecule has 0 aliphatic heterocycles. The quantitative estimate of drug-likeness (QED) is 0.815. The average molecular weight is 250 g/mol. The maximum atomic E-state index is 5.64. The second-order valence-corrected chi connectivity index (χ2v) is 5.40. The molecule has 0 aliphatic rings. The predicted molar refractivity (Wildman–Crippen MR) is 78.2 cm³/mol. The van der Waals surface area contributed by atoms with Crippen molar-refractivity contribution < 1.29 is 0 Å². The Morgan fingerprint density at radius 3 is 2.65 bits per heavy atom. The topological polar surface area (TPSA) is 29.3 Å². The second kappa shape index (κ2) is 6.12. The van der Waals surface area contributed by atoms with Crippen LogP contribution in [-0.4, -0.2) is 23.5 Å². The van der Waals surface area contributed by atoms with Crippen molar-refractivity contribution in [3.05, 3.63) is 34.9 Å². The first kappa shape index (κ1) is 14.1. The van der Waals surface area contributed by atoms with E-state index >= 15 is 0 Å². The van der Waals surface area contributed by atoms with Crippen LogP contribution < -0.4 is 5.73 Å². The van der Waals surface area contributed by atoms with Gasteiger partial charge in [-0.3, -0.25) is 0 Å². The highest BCUT2D eigenvalue weighted by Crippen LogP contribution is 2.13. The molecule has 0 radical (unpaired) electrons. The van der Waals surface area contributed by atoms with E-state index in [1.165, 1.54) is 16.7 Å². The Morgan fingerprint density at radius 1 is 1.41 bits per heavy atom. The van der Waals surface area contributed by atoms with Crippen molar-refractivity contribution in [2.24, 2.45) is 11.7 Å². The van der Waals surface area contributed by atoms with Gasteiger partial charge in [-0.1, -0.05) is 42.9 Å². The zero-order chi connectivity index (χ0) is 13.0. The molecule has 0 aromatic heterocycles. The standard InChI is InChI=1S/C14H22N2S/c1-10-5-6-11(2)13(7-10)9-16(4)8-12(3)14(15)17/h5-7,12H,8-9H2,1-4H3,(H2,15,17). The number of hydrogen-bond acceptors (Lipinski definition) is 2. The average Bonchev–Trinajstić information content (AvgIpc) is 2.23. The van der Waals surface area contributed by atoms with E-state index in [0.717, 1.165) is 13.1 Å². The smallest absolute Gasteiger partial charge is 0.0768 e. The summed E-state index contributed by atoms with van der Waals surface area (Å²) in [6.07, 6.45) is 0. The first-order chi connectivity index (χ1) is 7.90. The molecule has 2 nitrogen and oxygen atoms in total. The van der Waals surface area contributed by atoms with E-state index in [9.17, 15) is 0 Å². The molecule has 0 bridgehead atoms. The van der Waals surface area contributed by atoms with Gasteiger partial charge in [0.05, 0.1) is 4.99 Å². The summed E-state index contributed by atoms with van der Waals surface area (Å²) in [5.74, 6) is 0.264. The molecule has 1 atom stereocenters. The molecule has 0 aliphatic carbocycles. The van der Waals surface area contributed by atoms with E-state index in [1.54, 1.807) is 0 Å². The highest BCUT2D eigenvalue weighted by atomic mass is 32.1. The lowest BCUT2D eigenvalue weighted by atomic mass is 10.0. The molecule has 1 aromatic carbocycles. The molecule has 1 rings (SSSR count). The van der Waals surface area contributed by atoms with E-state index < -0.39 is 0 Å². The monoisotopic (exact) mass is 250 g/mol. The summed E-state index contributed by atoms with van der Waals surface area (Å²) in [5, 5.41) is 0. The van der Waals surface area contributed by atoms with E-state index in [2.05, 4.69) is 50.9 Å². The molecule has 94 valence electrons. The van der Waals surface area contributed by atoms with Gasteiger partial charge in [-0.05, 0) is 32.0 Å². The van der Waals surface area contributed by atoms with Gasteiger partial charge in [-0.2, -0.15) is 0 Å². The molecule has 1 aromatic rings. The maximum Gasteiger partial charge on any atom is 0.0768 e. The molecular formula is C14H22N2S. The Labute approximate surface area is 110 Å². The highest BCUT2D eigenvalue weighted by Gasteiger charge is 2.10. The minimum atomic E-state index is 0.264. The van der Waals surface area contributed by atoms with Crippen LogP contribution in [0.5, 0.6) is 0 Å². The van der Waals surface area contributed by atoms with Crippen molar-refractivity contribution >= 4 is 17.2 Å². The van der Waals surface area contributed by atoms with Crippen LogP contribution in [0.2, 0.25) is 0 Å². The van der Waals surface area contributed by atoms with Crippen LogP contribution in [-0.2, 0) is 6.54 Å². The van der Waals surface area contributed by atoms with Crippen molar-refractivity contribution in [3.8, 4) is 0 Å². The van der Waals surface area contributed by atoms with Gasteiger partial charge in [0.1, 0.15) is 0 Å². The number of thiocarbonyl (C=S) groups is 1. The maximum absolute atomic E-state index is 5.64. The third-order valence-electron chi connectivity index (χ3n) is 3.02. The van der Waals surface area contributed by atoms with Crippen molar-refractivity contribution in [1.82, 2.24) is 4.90 Å². The van der Waals surface area contributed by atoms with Gasteiger partial charge in [-0.15, -0.1) is 0 Å². The lowest BCUT2D eigenvalue weighted by Crippen LogP contribution is -2.31. The Kier molecular flexibility index (Phi) is 5.09. The normalized spacial score (nSPS) is 12.8. The Hall–Kier alpha value is -0.930. The summed E-state index contributed by atoms with van der Waals surface area (Å²) in [4.78, 5) is 2.86. The molecule has 0 saturated heterocycles. The number of nitrogens with zero attached hydrogens (tertiary/aromatic N) is 1. The third-order valence-corrected chi connectivity index (χ3v) is 3.42. The van der Waals surface area contributed by atoms with Crippen molar-refractivity contribution in [2.45, 2.75) is 27.3 Å². The van der Waals surface area contributed by atoms with Crippen LogP contribution >= 0.6 is 12.2 Å². The minimum absolute atomic E-state index is 0.264. The van der Waals surface area contributed by atoms with Crippen LogP contribution in [0.1, 0.15) is 23.6 Å². The number of nitrogens with two attached hydrogens (primary N) is 1. The first-order valence-corrected chi connectivity index (χ1v) is 6.35. The lowest BCUT2D eigenvalue weighted by Gasteiger charge is -2.21. The van der Waals surface area contributed by atoms with Crippen molar-refractivity contribution in [2.75, 3.05) is 13.6 Å². The van der Waals surface area contributed by atoms with Crippen LogP contribution in [0.4, 0.5) is 0 Å². The summed E-state index contributed by atoms with van der Waals surface area (Å²) >= 11 is 5.00. The second-order valence-electron chi connectivity index (χ2n) is 4.93. The zero-order valence-electron chi connectivity index (χ0n) is 11.2. The van der Waals surface area contributed by atoms with Crippen molar-refractivity contribution in [1.29, 1.82) is 0 Å². The van der Waals surface area contributed by atoms with Gasteiger partial charge >= 0.3 is 0 Å². The summed E-state index contributed by atoms with van der Waals surface area (Å²) < 4.78 is 0. The summed E-state index contributed by atoms with van der Waals surface area (Å²) in [6.45, 7) is 8.20. The number of rotatable bonds is 5. The number of aryl methyl sites for hydroxylation is 2. The van der Waals surface area contributed by atoms with E-state index in [-0.39, 0.29) is 5.92 Å². The van der Waals surface area contributed by atoms with Gasteiger partial charge in [0.2, 0.25) is 0 Å². The van der Waals surface area contributed by atoms with E-state index in [0.29, 0.717) is 4.99 Å². The molecule has 0 amide bonds. The fourth-order valence-electron chi connectivity index (χ4n) is 1.88. The van der Waals surface area contributed by atoms with Crippen LogP contribution in [0.15, 0.2) is 18.2 Å². The Morgan fingerprint density at radius 2 is 2.06 bits per heavy atom. The highest BCUT2D eigenvalue weighted by molar-refractivity contribution is 7.80. The Balaban J connectivity index is 2.64. The number of hydrogen-bond donors (Lipinski definition) is 1. The minimum Gasteiger partial charge on any atom is -0.393 e. The fourth-order valence-corrected chi connectivity index (χ4v) is 1.96. The third kappa shape index (κ3) is 4.44. The van der Waals surface area contributed by atoms with Gasteiger partial charge in [-0.25, -0.2) is 0 Å². The van der Waals surface area contributed by atoms with Crippen LogP contribution in [0.3, 0.4) is 0 Å². The first-order valence-electron chi connectivity index (χ1n) is 5.94. The van der Waals surface area contributed by atoms with Crippen molar-refractivity contribution in [3.63, 3.8) is 0 Å². The molecule has 3 heteroatoms. The molecular weight excluding hydrogens is 228 g/mol. The molecule has 0 heterocycles. The molecule has 0 spiro atoms. The lowest BCUT2D eigenvalue weighted by molar-refractivity contribution is 0.307. The van der Waals surface area contributed by atoms with Gasteiger partial charge in [0, 0.05) is 19.0 Å². The zero-order valence-corrected chi connectivity index (χ0v) is 12.0. The van der Waals surface area contributed by atoms with Gasteiger partial charge in [0.25, 0.3) is 0 Å². The molecule has 2 N–H and O–H groups in total. The predicted octanol–water partition coefficient (Wildman–Crippen LogP) is 2.66. The Bertz CT molecular complexity index is 401. The molecule has 17 heavy (non-hydrogen) atoms. The summed E-state index contributed by atoms with van der Waals surface area (Å²) in [6, 6.07) is 6.57. The van der Waals surface area contributed by atoms with E-state index in [4.69, 9.17) is 18.0 Å².